The van der Waals surface area contributed by atoms with E-state index < -0.39 is 5.82 Å². The Morgan fingerprint density at radius 2 is 2.15 bits per heavy atom. The first-order valence-corrected chi connectivity index (χ1v) is 7.29. The summed E-state index contributed by atoms with van der Waals surface area (Å²) in [4.78, 5) is 0. The topological polar surface area (TPSA) is 35.8 Å². The van der Waals surface area contributed by atoms with Crippen LogP contribution in [0.5, 0.6) is 0 Å². The van der Waals surface area contributed by atoms with E-state index in [0.29, 0.717) is 5.92 Å². The van der Waals surface area contributed by atoms with Crippen LogP contribution in [0.1, 0.15) is 43.2 Å². The Morgan fingerprint density at radius 1 is 1.40 bits per heavy atom. The summed E-state index contributed by atoms with van der Waals surface area (Å²) in [6.45, 7) is 0.851. The summed E-state index contributed by atoms with van der Waals surface area (Å²) in [6, 6.07) is 6.66. The highest BCUT2D eigenvalue weighted by Gasteiger charge is 2.17. The van der Waals surface area contributed by atoms with Gasteiger partial charge in [-0.15, -0.1) is 0 Å². The number of halogens is 1. The van der Waals surface area contributed by atoms with Crippen molar-refractivity contribution < 1.29 is 4.39 Å². The standard InChI is InChI=1S/C17H21FN2/c1-20-12-16(14-5-3-2-4-6-14)10-13-7-8-17(18)15(9-13)11-19/h7-10,14,20H,2-6,12H2,1H3/b16-10-. The van der Waals surface area contributed by atoms with Gasteiger partial charge in [-0.1, -0.05) is 37.0 Å². The lowest BCUT2D eigenvalue weighted by Crippen LogP contribution is -2.19. The second-order valence-electron chi connectivity index (χ2n) is 5.44. The van der Waals surface area contributed by atoms with Crippen LogP contribution in [0.2, 0.25) is 0 Å². The van der Waals surface area contributed by atoms with Gasteiger partial charge < -0.3 is 5.32 Å². The summed E-state index contributed by atoms with van der Waals surface area (Å²) in [6.07, 6.45) is 8.50. The van der Waals surface area contributed by atoms with Gasteiger partial charge in [0.1, 0.15) is 11.9 Å². The fraction of sp³-hybridized carbons (Fsp3) is 0.471. The van der Waals surface area contributed by atoms with Crippen LogP contribution in [0.4, 0.5) is 4.39 Å². The Balaban J connectivity index is 2.25. The van der Waals surface area contributed by atoms with Gasteiger partial charge in [-0.25, -0.2) is 4.39 Å². The van der Waals surface area contributed by atoms with Gasteiger partial charge in [-0.05, 0) is 43.5 Å². The van der Waals surface area contributed by atoms with Gasteiger partial charge in [0.15, 0.2) is 0 Å². The van der Waals surface area contributed by atoms with Crippen molar-refractivity contribution in [1.82, 2.24) is 5.32 Å². The van der Waals surface area contributed by atoms with Crippen molar-refractivity contribution in [2.75, 3.05) is 13.6 Å². The third-order valence-corrected chi connectivity index (χ3v) is 3.97. The zero-order valence-corrected chi connectivity index (χ0v) is 12.0. The van der Waals surface area contributed by atoms with Gasteiger partial charge in [0.25, 0.3) is 0 Å². The molecule has 0 saturated heterocycles. The second kappa shape index (κ2) is 7.21. The Kier molecular flexibility index (Phi) is 5.31. The Labute approximate surface area is 120 Å². The number of rotatable bonds is 4. The first-order valence-electron chi connectivity index (χ1n) is 7.29. The van der Waals surface area contributed by atoms with Crippen LogP contribution in [0.25, 0.3) is 6.08 Å². The van der Waals surface area contributed by atoms with Crippen molar-refractivity contribution >= 4 is 6.08 Å². The quantitative estimate of drug-likeness (QED) is 0.903. The normalized spacial score (nSPS) is 16.9. The van der Waals surface area contributed by atoms with Crippen LogP contribution in [0, 0.1) is 23.1 Å². The van der Waals surface area contributed by atoms with Gasteiger partial charge >= 0.3 is 0 Å². The Bertz CT molecular complexity index is 522. The average molecular weight is 272 g/mol. The number of benzene rings is 1. The molecule has 0 unspecified atom stereocenters. The zero-order valence-electron chi connectivity index (χ0n) is 12.0. The van der Waals surface area contributed by atoms with E-state index in [0.717, 1.165) is 12.1 Å². The van der Waals surface area contributed by atoms with Crippen molar-refractivity contribution in [2.24, 2.45) is 5.92 Å². The van der Waals surface area contributed by atoms with Crippen molar-refractivity contribution in [1.29, 1.82) is 5.26 Å². The minimum atomic E-state index is -0.447. The molecule has 2 rings (SSSR count). The minimum absolute atomic E-state index is 0.117. The molecule has 1 aromatic rings. The van der Waals surface area contributed by atoms with Gasteiger partial charge in [0, 0.05) is 6.54 Å². The number of nitrogens with zero attached hydrogens (tertiary/aromatic N) is 1. The lowest BCUT2D eigenvalue weighted by Gasteiger charge is -2.24. The third-order valence-electron chi connectivity index (χ3n) is 3.97. The highest BCUT2D eigenvalue weighted by molar-refractivity contribution is 5.56. The molecule has 2 nitrogen and oxygen atoms in total. The number of hydrogen-bond acceptors (Lipinski definition) is 2. The van der Waals surface area contributed by atoms with Crippen molar-refractivity contribution in [3.05, 3.63) is 40.7 Å². The van der Waals surface area contributed by atoms with E-state index in [9.17, 15) is 4.39 Å². The van der Waals surface area contributed by atoms with Gasteiger partial charge in [0.2, 0.25) is 0 Å². The molecule has 0 aliphatic heterocycles. The van der Waals surface area contributed by atoms with Crippen molar-refractivity contribution in [3.63, 3.8) is 0 Å². The molecule has 0 atom stereocenters. The number of likely N-dealkylation sites (N-methyl/N-ethyl adjacent to an activating group) is 1. The predicted octanol–water partition coefficient (Wildman–Crippen LogP) is 3.88. The van der Waals surface area contributed by atoms with Crippen LogP contribution >= 0.6 is 0 Å². The summed E-state index contributed by atoms with van der Waals surface area (Å²) >= 11 is 0. The van der Waals surface area contributed by atoms with Crippen molar-refractivity contribution in [3.8, 4) is 6.07 Å². The summed E-state index contributed by atoms with van der Waals surface area (Å²) in [5, 5.41) is 12.1. The molecular weight excluding hydrogens is 251 g/mol. The first kappa shape index (κ1) is 14.7. The molecule has 0 radical (unpaired) electrons. The smallest absolute Gasteiger partial charge is 0.140 e. The summed E-state index contributed by atoms with van der Waals surface area (Å²) in [5.74, 6) is 0.171. The van der Waals surface area contributed by atoms with Gasteiger partial charge in [0.05, 0.1) is 5.56 Å². The van der Waals surface area contributed by atoms with E-state index in [1.165, 1.54) is 43.7 Å². The fourth-order valence-electron chi connectivity index (χ4n) is 2.92. The highest BCUT2D eigenvalue weighted by atomic mass is 19.1. The monoisotopic (exact) mass is 272 g/mol. The maximum atomic E-state index is 13.4. The molecule has 3 heteroatoms. The first-order chi connectivity index (χ1) is 9.74. The predicted molar refractivity (Wildman–Crippen MR) is 79.6 cm³/mol. The van der Waals surface area contributed by atoms with E-state index in [1.807, 2.05) is 13.1 Å². The molecule has 0 amide bonds. The van der Waals surface area contributed by atoms with Crippen LogP contribution in [0.15, 0.2) is 23.8 Å². The van der Waals surface area contributed by atoms with Crippen LogP contribution in [0.3, 0.4) is 0 Å². The molecule has 0 aromatic heterocycles. The second-order valence-corrected chi connectivity index (χ2v) is 5.44. The molecule has 1 aromatic carbocycles. The molecule has 1 aliphatic carbocycles. The van der Waals surface area contributed by atoms with Gasteiger partial charge in [-0.2, -0.15) is 5.26 Å². The molecule has 1 fully saturated rings. The van der Waals surface area contributed by atoms with E-state index in [1.54, 1.807) is 12.1 Å². The number of hydrogen-bond donors (Lipinski definition) is 1. The van der Waals surface area contributed by atoms with Crippen LogP contribution in [-0.4, -0.2) is 13.6 Å². The summed E-state index contributed by atoms with van der Waals surface area (Å²) in [5.41, 5.74) is 2.40. The molecular formula is C17H21FN2. The van der Waals surface area contributed by atoms with Crippen LogP contribution < -0.4 is 5.32 Å². The molecule has 0 spiro atoms. The zero-order chi connectivity index (χ0) is 14.4. The largest absolute Gasteiger partial charge is 0.316 e. The molecule has 20 heavy (non-hydrogen) atoms. The molecule has 1 N–H and O–H groups in total. The lowest BCUT2D eigenvalue weighted by molar-refractivity contribution is 0.398. The lowest BCUT2D eigenvalue weighted by atomic mass is 9.83. The third kappa shape index (κ3) is 3.68. The average Bonchev–Trinajstić information content (AvgIpc) is 2.49. The fourth-order valence-corrected chi connectivity index (χ4v) is 2.92. The van der Waals surface area contributed by atoms with Crippen molar-refractivity contribution in [2.45, 2.75) is 32.1 Å². The van der Waals surface area contributed by atoms with Crippen LogP contribution in [-0.2, 0) is 0 Å². The summed E-state index contributed by atoms with van der Waals surface area (Å²) in [7, 11) is 1.95. The van der Waals surface area contributed by atoms with Gasteiger partial charge in [-0.3, -0.25) is 0 Å². The SMILES string of the molecule is CNC/C(=C/c1ccc(F)c(C#N)c1)C1CCCCC1. The molecule has 1 aliphatic rings. The molecule has 1 saturated carbocycles. The Morgan fingerprint density at radius 3 is 2.80 bits per heavy atom. The summed E-state index contributed by atoms with van der Waals surface area (Å²) < 4.78 is 13.4. The maximum Gasteiger partial charge on any atom is 0.140 e. The number of nitriles is 1. The number of nitrogens with one attached hydrogen (secondary N) is 1. The molecule has 0 heterocycles. The Hall–Kier alpha value is -1.66. The van der Waals surface area contributed by atoms with E-state index in [2.05, 4.69) is 11.4 Å². The minimum Gasteiger partial charge on any atom is -0.316 e. The molecule has 106 valence electrons. The highest BCUT2D eigenvalue weighted by Crippen LogP contribution is 2.30. The van der Waals surface area contributed by atoms with E-state index in [-0.39, 0.29) is 5.56 Å². The molecule has 0 bridgehead atoms. The van der Waals surface area contributed by atoms with E-state index >= 15 is 0 Å². The van der Waals surface area contributed by atoms with E-state index in [4.69, 9.17) is 5.26 Å². The maximum absolute atomic E-state index is 13.4.